The SMILES string of the molecule is Cc1cc(C)c(NC(Nc2c(C)cc(C)cc2C)=[N+]2CCN(c3ccccc3)CC2)c(C)c1. The molecule has 172 valence electrons. The lowest BCUT2D eigenvalue weighted by Crippen LogP contribution is -2.47. The summed E-state index contributed by atoms with van der Waals surface area (Å²) in [5.74, 6) is 1.06. The predicted molar refractivity (Wildman–Crippen MR) is 142 cm³/mol. The third-order valence-corrected chi connectivity index (χ3v) is 6.56. The standard InChI is InChI=1S/C29H36N4/c1-20-16-22(3)27(23(4)17-20)30-29(31-28-24(5)18-21(2)19-25(28)6)33-14-12-32(13-15-33)26-10-8-7-9-11-26/h7-11,16-19H,12-15H2,1-6H3,(H,30,31)/p+1. The van der Waals surface area contributed by atoms with Crippen LogP contribution in [0.25, 0.3) is 0 Å². The maximum absolute atomic E-state index is 3.80. The highest BCUT2D eigenvalue weighted by Crippen LogP contribution is 2.25. The number of guanidine groups is 1. The van der Waals surface area contributed by atoms with Crippen molar-refractivity contribution in [2.75, 3.05) is 41.7 Å². The van der Waals surface area contributed by atoms with Gasteiger partial charge in [-0.2, -0.15) is 0 Å². The molecule has 1 fully saturated rings. The molecule has 1 aliphatic rings. The number of piperazine rings is 1. The molecule has 0 amide bonds. The van der Waals surface area contributed by atoms with E-state index in [1.165, 1.54) is 50.4 Å². The van der Waals surface area contributed by atoms with Crippen LogP contribution in [0.3, 0.4) is 0 Å². The van der Waals surface area contributed by atoms with Crippen LogP contribution in [0.2, 0.25) is 0 Å². The molecule has 33 heavy (non-hydrogen) atoms. The first-order valence-electron chi connectivity index (χ1n) is 11.9. The van der Waals surface area contributed by atoms with Gasteiger partial charge in [-0.1, -0.05) is 53.6 Å². The number of para-hydroxylation sites is 1. The minimum atomic E-state index is 0.956. The Morgan fingerprint density at radius 3 is 1.52 bits per heavy atom. The lowest BCUT2D eigenvalue weighted by Gasteiger charge is -2.31. The van der Waals surface area contributed by atoms with Crippen LogP contribution in [0.15, 0.2) is 54.6 Å². The molecule has 1 aliphatic heterocycles. The maximum atomic E-state index is 3.80. The molecule has 0 aliphatic carbocycles. The fourth-order valence-electron chi connectivity index (χ4n) is 5.01. The monoisotopic (exact) mass is 441 g/mol. The fourth-order valence-corrected chi connectivity index (χ4v) is 5.01. The number of aryl methyl sites for hydroxylation is 6. The zero-order chi connectivity index (χ0) is 23.5. The number of benzene rings is 3. The maximum Gasteiger partial charge on any atom is 0.355 e. The largest absolute Gasteiger partial charge is 0.365 e. The Hall–Kier alpha value is -3.27. The molecule has 1 saturated heterocycles. The summed E-state index contributed by atoms with van der Waals surface area (Å²) in [7, 11) is 0. The van der Waals surface area contributed by atoms with Gasteiger partial charge in [0.2, 0.25) is 0 Å². The second kappa shape index (κ2) is 9.70. The summed E-state index contributed by atoms with van der Waals surface area (Å²) in [4.78, 5) is 2.47. The van der Waals surface area contributed by atoms with Crippen molar-refractivity contribution in [3.05, 3.63) is 88.0 Å². The fraction of sp³-hybridized carbons (Fsp3) is 0.345. The number of hydrogen-bond donors (Lipinski definition) is 2. The highest BCUT2D eigenvalue weighted by molar-refractivity contribution is 6.02. The molecule has 4 nitrogen and oxygen atoms in total. The highest BCUT2D eigenvalue weighted by Gasteiger charge is 2.23. The molecule has 3 aromatic rings. The van der Waals surface area contributed by atoms with Crippen molar-refractivity contribution >= 4 is 23.0 Å². The van der Waals surface area contributed by atoms with Gasteiger partial charge in [0, 0.05) is 18.8 Å². The molecule has 1 heterocycles. The number of rotatable bonds is 3. The van der Waals surface area contributed by atoms with Gasteiger partial charge < -0.3 is 4.90 Å². The van der Waals surface area contributed by atoms with E-state index in [0.717, 1.165) is 32.1 Å². The summed E-state index contributed by atoms with van der Waals surface area (Å²) in [5.41, 5.74) is 11.4. The number of anilines is 3. The highest BCUT2D eigenvalue weighted by atomic mass is 15.3. The number of nitrogens with one attached hydrogen (secondary N) is 2. The van der Waals surface area contributed by atoms with E-state index in [4.69, 9.17) is 0 Å². The van der Waals surface area contributed by atoms with Crippen molar-refractivity contribution in [3.63, 3.8) is 0 Å². The van der Waals surface area contributed by atoms with E-state index < -0.39 is 0 Å². The van der Waals surface area contributed by atoms with Gasteiger partial charge in [-0.05, 0) is 75.9 Å². The van der Waals surface area contributed by atoms with E-state index in [1.807, 2.05) is 0 Å². The van der Waals surface area contributed by atoms with E-state index >= 15 is 0 Å². The Kier molecular flexibility index (Phi) is 6.73. The van der Waals surface area contributed by atoms with Crippen LogP contribution in [0.1, 0.15) is 33.4 Å². The average molecular weight is 442 g/mol. The van der Waals surface area contributed by atoms with Crippen molar-refractivity contribution in [1.29, 1.82) is 0 Å². The molecule has 0 spiro atoms. The van der Waals surface area contributed by atoms with Crippen LogP contribution < -0.4 is 15.5 Å². The zero-order valence-electron chi connectivity index (χ0n) is 20.9. The lowest BCUT2D eigenvalue weighted by molar-refractivity contribution is -0.529. The summed E-state index contributed by atoms with van der Waals surface area (Å²) in [6.45, 7) is 17.0. The van der Waals surface area contributed by atoms with Gasteiger partial charge in [0.05, 0.1) is 13.1 Å². The van der Waals surface area contributed by atoms with E-state index in [0.29, 0.717) is 0 Å². The Morgan fingerprint density at radius 1 is 0.667 bits per heavy atom. The van der Waals surface area contributed by atoms with Gasteiger partial charge in [-0.15, -0.1) is 0 Å². The molecule has 0 atom stereocenters. The van der Waals surface area contributed by atoms with Crippen molar-refractivity contribution in [1.82, 2.24) is 0 Å². The van der Waals surface area contributed by atoms with E-state index in [-0.39, 0.29) is 0 Å². The van der Waals surface area contributed by atoms with Crippen molar-refractivity contribution in [3.8, 4) is 0 Å². The second-order valence-electron chi connectivity index (χ2n) is 9.46. The topological polar surface area (TPSA) is 30.3 Å². The van der Waals surface area contributed by atoms with Gasteiger partial charge in [0.25, 0.3) is 0 Å². The van der Waals surface area contributed by atoms with Crippen molar-refractivity contribution in [2.45, 2.75) is 41.5 Å². The van der Waals surface area contributed by atoms with Crippen LogP contribution in [0.5, 0.6) is 0 Å². The normalized spacial score (nSPS) is 13.8. The summed E-state index contributed by atoms with van der Waals surface area (Å²) < 4.78 is 2.46. The van der Waals surface area contributed by atoms with E-state index in [2.05, 4.69) is 116 Å². The third-order valence-electron chi connectivity index (χ3n) is 6.56. The molecule has 0 bridgehead atoms. The van der Waals surface area contributed by atoms with Crippen LogP contribution in [-0.4, -0.2) is 36.7 Å². The molecule has 0 unspecified atom stereocenters. The first-order chi connectivity index (χ1) is 15.8. The first-order valence-corrected chi connectivity index (χ1v) is 11.9. The number of hydrogen-bond acceptors (Lipinski definition) is 1. The van der Waals surface area contributed by atoms with Crippen molar-refractivity contribution in [2.24, 2.45) is 0 Å². The average Bonchev–Trinajstić information content (AvgIpc) is 2.78. The summed E-state index contributed by atoms with van der Waals surface area (Å²) >= 11 is 0. The van der Waals surface area contributed by atoms with Crippen LogP contribution >= 0.6 is 0 Å². The van der Waals surface area contributed by atoms with Crippen molar-refractivity contribution < 1.29 is 4.58 Å². The Bertz CT molecular complexity index is 1060. The number of nitrogens with zero attached hydrogens (tertiary/aromatic N) is 2. The van der Waals surface area contributed by atoms with Crippen LogP contribution in [-0.2, 0) is 0 Å². The summed E-state index contributed by atoms with van der Waals surface area (Å²) in [6.07, 6.45) is 0. The van der Waals surface area contributed by atoms with E-state index in [1.54, 1.807) is 0 Å². The summed E-state index contributed by atoms with van der Waals surface area (Å²) in [6, 6.07) is 19.7. The molecule has 0 saturated carbocycles. The van der Waals surface area contributed by atoms with Gasteiger partial charge in [-0.3, -0.25) is 4.58 Å². The predicted octanol–water partition coefficient (Wildman–Crippen LogP) is 5.95. The molecule has 4 heteroatoms. The first kappa shape index (κ1) is 22.9. The Morgan fingerprint density at radius 2 is 1.09 bits per heavy atom. The Labute approximate surface area is 199 Å². The Balaban J connectivity index is 1.68. The lowest BCUT2D eigenvalue weighted by atomic mass is 10.0. The molecule has 0 radical (unpaired) electrons. The smallest absolute Gasteiger partial charge is 0.355 e. The molecular weight excluding hydrogens is 404 g/mol. The minimum Gasteiger partial charge on any atom is -0.365 e. The van der Waals surface area contributed by atoms with Crippen LogP contribution in [0, 0.1) is 41.5 Å². The molecular formula is C29H37N4+. The molecule has 0 aromatic heterocycles. The van der Waals surface area contributed by atoms with Gasteiger partial charge in [0.15, 0.2) is 0 Å². The molecule has 3 aromatic carbocycles. The summed E-state index contributed by atoms with van der Waals surface area (Å²) in [5, 5.41) is 7.60. The van der Waals surface area contributed by atoms with Gasteiger partial charge >= 0.3 is 5.96 Å². The zero-order valence-corrected chi connectivity index (χ0v) is 20.9. The minimum absolute atomic E-state index is 0.956. The van der Waals surface area contributed by atoms with Crippen LogP contribution in [0.4, 0.5) is 17.1 Å². The molecule has 4 rings (SSSR count). The third kappa shape index (κ3) is 5.22. The second-order valence-corrected chi connectivity index (χ2v) is 9.46. The van der Waals surface area contributed by atoms with Gasteiger partial charge in [0.1, 0.15) is 11.4 Å². The quantitative estimate of drug-likeness (QED) is 0.389. The van der Waals surface area contributed by atoms with E-state index in [9.17, 15) is 0 Å². The van der Waals surface area contributed by atoms with Gasteiger partial charge in [-0.25, -0.2) is 10.6 Å². The molecule has 2 N–H and O–H groups in total.